The van der Waals surface area contributed by atoms with Crippen LogP contribution in [0, 0.1) is 13.8 Å². The van der Waals surface area contributed by atoms with Crippen molar-refractivity contribution in [3.63, 3.8) is 0 Å². The van der Waals surface area contributed by atoms with Crippen LogP contribution in [0.2, 0.25) is 0 Å². The minimum absolute atomic E-state index is 0. The molecule has 0 aliphatic carbocycles. The summed E-state index contributed by atoms with van der Waals surface area (Å²) in [6.45, 7) is 5.04. The highest BCUT2D eigenvalue weighted by atomic mass is 35.5. The number of rotatable bonds is 2. The summed E-state index contributed by atoms with van der Waals surface area (Å²) in [4.78, 5) is 13.2. The molecule has 1 aromatic rings. The molecule has 3 nitrogen and oxygen atoms in total. The molecular weight excluding hydrogens is 256 g/mol. The molecule has 1 aromatic heterocycles. The molecule has 96 valence electrons. The van der Waals surface area contributed by atoms with Gasteiger partial charge in [-0.05, 0) is 44.2 Å². The zero-order valence-electron chi connectivity index (χ0n) is 10.2. The lowest BCUT2D eigenvalue weighted by Crippen LogP contribution is -2.43. The Balaban J connectivity index is 0.00000144. The Bertz CT molecular complexity index is 366. The van der Waals surface area contributed by atoms with Crippen LogP contribution >= 0.6 is 23.7 Å². The minimum Gasteiger partial charge on any atom is -0.324 e. The van der Waals surface area contributed by atoms with Crippen LogP contribution in [0.4, 0.5) is 5.69 Å². The lowest BCUT2D eigenvalue weighted by molar-refractivity contribution is -0.118. The fraction of sp³-hybridized carbons (Fsp3) is 0.583. The fourth-order valence-electron chi connectivity index (χ4n) is 2.04. The van der Waals surface area contributed by atoms with E-state index in [1.165, 1.54) is 11.3 Å². The van der Waals surface area contributed by atoms with Crippen LogP contribution < -0.4 is 10.6 Å². The van der Waals surface area contributed by atoms with Crippen molar-refractivity contribution in [2.45, 2.75) is 39.2 Å². The molecule has 1 unspecified atom stereocenters. The van der Waals surface area contributed by atoms with Gasteiger partial charge in [0.1, 0.15) is 0 Å². The smallest absolute Gasteiger partial charge is 0.241 e. The van der Waals surface area contributed by atoms with E-state index in [1.54, 1.807) is 11.3 Å². The van der Waals surface area contributed by atoms with Gasteiger partial charge in [0.25, 0.3) is 0 Å². The number of halogens is 1. The molecule has 2 heterocycles. The summed E-state index contributed by atoms with van der Waals surface area (Å²) in [5, 5.41) is 8.38. The van der Waals surface area contributed by atoms with Gasteiger partial charge in [0.05, 0.1) is 11.7 Å². The van der Waals surface area contributed by atoms with Crippen LogP contribution in [0.25, 0.3) is 0 Å². The van der Waals surface area contributed by atoms with Crippen molar-refractivity contribution in [3.05, 3.63) is 15.8 Å². The minimum atomic E-state index is -0.00699. The number of thiophene rings is 1. The quantitative estimate of drug-likeness (QED) is 0.871. The Morgan fingerprint density at radius 2 is 2.24 bits per heavy atom. The van der Waals surface area contributed by atoms with Crippen LogP contribution in [-0.4, -0.2) is 18.5 Å². The van der Waals surface area contributed by atoms with Crippen molar-refractivity contribution in [1.82, 2.24) is 5.32 Å². The lowest BCUT2D eigenvalue weighted by atomic mass is 10.0. The van der Waals surface area contributed by atoms with E-state index in [0.29, 0.717) is 0 Å². The van der Waals surface area contributed by atoms with Gasteiger partial charge in [-0.25, -0.2) is 0 Å². The summed E-state index contributed by atoms with van der Waals surface area (Å²) in [6, 6.07) is -0.00699. The van der Waals surface area contributed by atoms with E-state index in [4.69, 9.17) is 0 Å². The van der Waals surface area contributed by atoms with Crippen LogP contribution in [0.15, 0.2) is 5.38 Å². The molecule has 1 aliphatic rings. The van der Waals surface area contributed by atoms with Crippen molar-refractivity contribution in [3.8, 4) is 0 Å². The first-order valence-corrected chi connectivity index (χ1v) is 6.65. The maximum atomic E-state index is 12.0. The fourth-order valence-corrected chi connectivity index (χ4v) is 2.85. The van der Waals surface area contributed by atoms with Gasteiger partial charge in [-0.3, -0.25) is 4.79 Å². The van der Waals surface area contributed by atoms with E-state index in [1.807, 2.05) is 13.8 Å². The van der Waals surface area contributed by atoms with E-state index >= 15 is 0 Å². The molecule has 17 heavy (non-hydrogen) atoms. The number of carbonyl (C=O) groups is 1. The second-order valence-electron chi connectivity index (χ2n) is 4.34. The number of amides is 1. The maximum Gasteiger partial charge on any atom is 0.241 e. The molecule has 1 amide bonds. The van der Waals surface area contributed by atoms with Gasteiger partial charge in [-0.2, -0.15) is 0 Å². The van der Waals surface area contributed by atoms with Gasteiger partial charge in [0, 0.05) is 4.88 Å². The van der Waals surface area contributed by atoms with E-state index in [0.717, 1.165) is 30.6 Å². The van der Waals surface area contributed by atoms with E-state index in [2.05, 4.69) is 16.0 Å². The third-order valence-electron chi connectivity index (χ3n) is 3.03. The molecule has 5 heteroatoms. The predicted molar refractivity (Wildman–Crippen MR) is 75.3 cm³/mol. The maximum absolute atomic E-state index is 12.0. The molecule has 2 rings (SSSR count). The van der Waals surface area contributed by atoms with E-state index in [9.17, 15) is 4.79 Å². The molecule has 0 spiro atoms. The van der Waals surface area contributed by atoms with Crippen molar-refractivity contribution >= 4 is 35.3 Å². The Labute approximate surface area is 112 Å². The van der Waals surface area contributed by atoms with Crippen molar-refractivity contribution in [1.29, 1.82) is 0 Å². The highest BCUT2D eigenvalue weighted by Gasteiger charge is 2.21. The number of piperidine rings is 1. The van der Waals surface area contributed by atoms with Crippen LogP contribution in [0.1, 0.15) is 29.7 Å². The largest absolute Gasteiger partial charge is 0.324 e. The zero-order chi connectivity index (χ0) is 11.5. The summed E-state index contributed by atoms with van der Waals surface area (Å²) in [6.07, 6.45) is 3.28. The first-order chi connectivity index (χ1) is 7.68. The van der Waals surface area contributed by atoms with E-state index in [-0.39, 0.29) is 24.4 Å². The average Bonchev–Trinajstić information content (AvgIpc) is 2.62. The van der Waals surface area contributed by atoms with Gasteiger partial charge in [-0.1, -0.05) is 6.42 Å². The highest BCUT2D eigenvalue weighted by molar-refractivity contribution is 7.10. The number of nitrogens with one attached hydrogen (secondary N) is 2. The third kappa shape index (κ3) is 3.44. The molecule has 1 atom stereocenters. The molecule has 1 aliphatic heterocycles. The molecule has 2 N–H and O–H groups in total. The van der Waals surface area contributed by atoms with Crippen LogP contribution in [0.3, 0.4) is 0 Å². The monoisotopic (exact) mass is 274 g/mol. The number of hydrogen-bond acceptors (Lipinski definition) is 3. The molecule has 1 fully saturated rings. The molecule has 0 aromatic carbocycles. The Hall–Kier alpha value is -0.580. The summed E-state index contributed by atoms with van der Waals surface area (Å²) in [5.74, 6) is 0.115. The Morgan fingerprint density at radius 1 is 1.47 bits per heavy atom. The Morgan fingerprint density at radius 3 is 2.76 bits per heavy atom. The standard InChI is InChI=1S/C12H18N2OS.ClH/c1-8-7-16-9(2)11(8)14-12(15)10-5-3-4-6-13-10;/h7,10,13H,3-6H2,1-2H3,(H,14,15);1H. The second-order valence-corrected chi connectivity index (χ2v) is 5.43. The molecule has 0 saturated carbocycles. The van der Waals surface area contributed by atoms with Crippen LogP contribution in [0.5, 0.6) is 0 Å². The van der Waals surface area contributed by atoms with Crippen molar-refractivity contribution in [2.24, 2.45) is 0 Å². The second kappa shape index (κ2) is 6.38. The Kier molecular flexibility index (Phi) is 5.43. The van der Waals surface area contributed by atoms with Gasteiger partial charge < -0.3 is 10.6 Å². The van der Waals surface area contributed by atoms with Crippen molar-refractivity contribution in [2.75, 3.05) is 11.9 Å². The van der Waals surface area contributed by atoms with Gasteiger partial charge in [-0.15, -0.1) is 23.7 Å². The summed E-state index contributed by atoms with van der Waals surface area (Å²) in [5.41, 5.74) is 2.16. The normalized spacial score (nSPS) is 19.5. The summed E-state index contributed by atoms with van der Waals surface area (Å²) in [7, 11) is 0. The summed E-state index contributed by atoms with van der Waals surface area (Å²) < 4.78 is 0. The zero-order valence-corrected chi connectivity index (χ0v) is 11.8. The third-order valence-corrected chi connectivity index (χ3v) is 4.06. The average molecular weight is 275 g/mol. The number of anilines is 1. The SMILES string of the molecule is Cc1csc(C)c1NC(=O)C1CCCCN1.Cl. The highest BCUT2D eigenvalue weighted by Crippen LogP contribution is 2.26. The molecule has 1 saturated heterocycles. The van der Waals surface area contributed by atoms with Gasteiger partial charge in [0.15, 0.2) is 0 Å². The molecular formula is C12H19ClN2OS. The summed E-state index contributed by atoms with van der Waals surface area (Å²) >= 11 is 1.68. The number of hydrogen-bond donors (Lipinski definition) is 2. The van der Waals surface area contributed by atoms with Crippen LogP contribution in [-0.2, 0) is 4.79 Å². The molecule has 0 bridgehead atoms. The first-order valence-electron chi connectivity index (χ1n) is 5.77. The first kappa shape index (κ1) is 14.5. The molecule has 0 radical (unpaired) electrons. The van der Waals surface area contributed by atoms with Crippen molar-refractivity contribution < 1.29 is 4.79 Å². The predicted octanol–water partition coefficient (Wildman–Crippen LogP) is 2.87. The number of aryl methyl sites for hydroxylation is 2. The van der Waals surface area contributed by atoms with Gasteiger partial charge >= 0.3 is 0 Å². The van der Waals surface area contributed by atoms with Gasteiger partial charge in [0.2, 0.25) is 5.91 Å². The van der Waals surface area contributed by atoms with E-state index < -0.39 is 0 Å². The lowest BCUT2D eigenvalue weighted by Gasteiger charge is -2.22. The number of carbonyl (C=O) groups excluding carboxylic acids is 1. The topological polar surface area (TPSA) is 41.1 Å².